The molecule has 1 aromatic rings. The predicted molar refractivity (Wildman–Crippen MR) is 75.6 cm³/mol. The molecule has 1 aromatic carbocycles. The summed E-state index contributed by atoms with van der Waals surface area (Å²) in [7, 11) is 6.43. The van der Waals surface area contributed by atoms with Crippen LogP contribution < -0.4 is 19.5 Å². The van der Waals surface area contributed by atoms with Gasteiger partial charge in [0, 0.05) is 27.3 Å². The van der Waals surface area contributed by atoms with Crippen LogP contribution in [0.25, 0.3) is 0 Å². The number of nitrogens with one attached hydrogen (secondary N) is 1. The van der Waals surface area contributed by atoms with Crippen LogP contribution in [-0.2, 0) is 16.0 Å². The Kier molecular flexibility index (Phi) is 7.79. The largest absolute Gasteiger partial charge is 0.493 e. The highest BCUT2D eigenvalue weighted by Crippen LogP contribution is 2.38. The van der Waals surface area contributed by atoms with Crippen molar-refractivity contribution >= 4 is 0 Å². The molecule has 6 nitrogen and oxygen atoms in total. The third-order valence-electron chi connectivity index (χ3n) is 2.65. The molecule has 0 spiro atoms. The molecule has 0 aromatic heterocycles. The molecule has 1 N–H and O–H groups in total. The lowest BCUT2D eigenvalue weighted by molar-refractivity contribution is 0.0471. The van der Waals surface area contributed by atoms with E-state index in [1.165, 1.54) is 0 Å². The van der Waals surface area contributed by atoms with Crippen LogP contribution in [0.1, 0.15) is 5.56 Å². The van der Waals surface area contributed by atoms with Crippen LogP contribution in [0.15, 0.2) is 12.1 Å². The number of methoxy groups -OCH3 is 4. The molecule has 0 saturated carbocycles. The van der Waals surface area contributed by atoms with E-state index in [2.05, 4.69) is 5.32 Å². The van der Waals surface area contributed by atoms with Crippen molar-refractivity contribution in [3.63, 3.8) is 0 Å². The summed E-state index contributed by atoms with van der Waals surface area (Å²) in [5.41, 5.74) is 1.04. The zero-order valence-electron chi connectivity index (χ0n) is 12.5. The first-order valence-corrected chi connectivity index (χ1v) is 6.33. The van der Waals surface area contributed by atoms with Gasteiger partial charge in [0.05, 0.1) is 20.8 Å². The van der Waals surface area contributed by atoms with E-state index < -0.39 is 0 Å². The van der Waals surface area contributed by atoms with Gasteiger partial charge in [-0.25, -0.2) is 0 Å². The second kappa shape index (κ2) is 9.41. The molecule has 0 unspecified atom stereocenters. The lowest BCUT2D eigenvalue weighted by Gasteiger charge is -2.16. The Morgan fingerprint density at radius 2 is 1.60 bits per heavy atom. The lowest BCUT2D eigenvalue weighted by Crippen LogP contribution is -2.18. The van der Waals surface area contributed by atoms with Gasteiger partial charge in [-0.15, -0.1) is 0 Å². The van der Waals surface area contributed by atoms with Crippen molar-refractivity contribution < 1.29 is 23.7 Å². The third-order valence-corrected chi connectivity index (χ3v) is 2.65. The molecule has 0 atom stereocenters. The van der Waals surface area contributed by atoms with Gasteiger partial charge in [0.2, 0.25) is 5.75 Å². The Balaban J connectivity index is 2.82. The summed E-state index contributed by atoms with van der Waals surface area (Å²) in [6, 6.07) is 3.82. The smallest absolute Gasteiger partial charge is 0.206 e. The number of ether oxygens (including phenoxy) is 5. The predicted octanol–water partition coefficient (Wildman–Crippen LogP) is 1.42. The van der Waals surface area contributed by atoms with E-state index in [-0.39, 0.29) is 6.79 Å². The molecule has 6 heteroatoms. The van der Waals surface area contributed by atoms with Crippen LogP contribution in [0, 0.1) is 0 Å². The Labute approximate surface area is 119 Å². The molecule has 0 aliphatic heterocycles. The van der Waals surface area contributed by atoms with Gasteiger partial charge in [0.1, 0.15) is 0 Å². The Morgan fingerprint density at radius 3 is 2.10 bits per heavy atom. The van der Waals surface area contributed by atoms with Crippen LogP contribution in [0.3, 0.4) is 0 Å². The second-order valence-corrected chi connectivity index (χ2v) is 4.05. The average Bonchev–Trinajstić information content (AvgIpc) is 2.49. The molecule has 0 aliphatic carbocycles. The standard InChI is InChI=1S/C14H23NO5/c1-16-6-5-15-9-11-7-12(18-3)14(20-10-17-2)13(8-11)19-4/h7-8,15H,5-6,9-10H2,1-4H3. The fourth-order valence-corrected chi connectivity index (χ4v) is 1.70. The average molecular weight is 285 g/mol. The quantitative estimate of drug-likeness (QED) is 0.518. The molecule has 0 bridgehead atoms. The molecule has 0 radical (unpaired) electrons. The number of rotatable bonds is 10. The monoisotopic (exact) mass is 285 g/mol. The van der Waals surface area contributed by atoms with Crippen molar-refractivity contribution in [2.45, 2.75) is 6.54 Å². The molecule has 0 aliphatic rings. The number of benzene rings is 1. The minimum absolute atomic E-state index is 0.137. The van der Waals surface area contributed by atoms with Crippen molar-refractivity contribution in [1.29, 1.82) is 0 Å². The first kappa shape index (κ1) is 16.6. The van der Waals surface area contributed by atoms with Gasteiger partial charge in [-0.3, -0.25) is 0 Å². The summed E-state index contributed by atoms with van der Waals surface area (Å²) < 4.78 is 26.1. The second-order valence-electron chi connectivity index (χ2n) is 4.05. The first-order chi connectivity index (χ1) is 9.76. The highest BCUT2D eigenvalue weighted by molar-refractivity contribution is 5.53. The minimum atomic E-state index is 0.137. The molecule has 1 rings (SSSR count). The van der Waals surface area contributed by atoms with E-state index >= 15 is 0 Å². The van der Waals surface area contributed by atoms with E-state index in [1.807, 2.05) is 12.1 Å². The summed E-state index contributed by atoms with van der Waals surface area (Å²) in [5.74, 6) is 1.77. The fraction of sp³-hybridized carbons (Fsp3) is 0.571. The maximum absolute atomic E-state index is 5.48. The van der Waals surface area contributed by atoms with E-state index in [9.17, 15) is 0 Å². The van der Waals surface area contributed by atoms with Gasteiger partial charge < -0.3 is 29.0 Å². The summed E-state index contributed by atoms with van der Waals surface area (Å²) in [6.07, 6.45) is 0. The Morgan fingerprint density at radius 1 is 0.950 bits per heavy atom. The van der Waals surface area contributed by atoms with Gasteiger partial charge in [-0.2, -0.15) is 0 Å². The van der Waals surface area contributed by atoms with Crippen LogP contribution >= 0.6 is 0 Å². The van der Waals surface area contributed by atoms with Crippen molar-refractivity contribution in [3.05, 3.63) is 17.7 Å². The molecule has 20 heavy (non-hydrogen) atoms. The summed E-state index contributed by atoms with van der Waals surface area (Å²) >= 11 is 0. The van der Waals surface area contributed by atoms with E-state index in [0.717, 1.165) is 12.1 Å². The number of hydrogen-bond acceptors (Lipinski definition) is 6. The van der Waals surface area contributed by atoms with E-state index in [1.54, 1.807) is 28.4 Å². The van der Waals surface area contributed by atoms with E-state index in [4.69, 9.17) is 23.7 Å². The maximum Gasteiger partial charge on any atom is 0.206 e. The SMILES string of the molecule is COCCNCc1cc(OC)c(OCOC)c(OC)c1. The molecular weight excluding hydrogens is 262 g/mol. The first-order valence-electron chi connectivity index (χ1n) is 6.33. The minimum Gasteiger partial charge on any atom is -0.493 e. The maximum atomic E-state index is 5.48. The molecule has 0 heterocycles. The Hall–Kier alpha value is -1.50. The fourth-order valence-electron chi connectivity index (χ4n) is 1.70. The van der Waals surface area contributed by atoms with Crippen LogP contribution in [0.2, 0.25) is 0 Å². The van der Waals surface area contributed by atoms with Crippen molar-refractivity contribution in [1.82, 2.24) is 5.32 Å². The highest BCUT2D eigenvalue weighted by atomic mass is 16.7. The van der Waals surface area contributed by atoms with E-state index in [0.29, 0.717) is 30.4 Å². The normalized spacial score (nSPS) is 10.4. The molecule has 114 valence electrons. The van der Waals surface area contributed by atoms with Gasteiger partial charge in [-0.05, 0) is 17.7 Å². The van der Waals surface area contributed by atoms with Crippen LogP contribution in [-0.4, -0.2) is 48.4 Å². The third kappa shape index (κ3) is 4.88. The van der Waals surface area contributed by atoms with Crippen molar-refractivity contribution in [2.75, 3.05) is 48.4 Å². The molecule has 0 saturated heterocycles. The van der Waals surface area contributed by atoms with Gasteiger partial charge >= 0.3 is 0 Å². The van der Waals surface area contributed by atoms with Gasteiger partial charge in [-0.1, -0.05) is 0 Å². The molecular formula is C14H23NO5. The zero-order valence-corrected chi connectivity index (χ0v) is 12.5. The summed E-state index contributed by atoms with van der Waals surface area (Å²) in [6.45, 7) is 2.28. The van der Waals surface area contributed by atoms with Crippen molar-refractivity contribution in [3.8, 4) is 17.2 Å². The van der Waals surface area contributed by atoms with Crippen LogP contribution in [0.5, 0.6) is 17.2 Å². The summed E-state index contributed by atoms with van der Waals surface area (Å²) in [5, 5.41) is 3.27. The van der Waals surface area contributed by atoms with Gasteiger partial charge in [0.15, 0.2) is 18.3 Å². The molecule has 0 amide bonds. The Bertz CT molecular complexity index is 372. The number of hydrogen-bond donors (Lipinski definition) is 1. The van der Waals surface area contributed by atoms with Crippen LogP contribution in [0.4, 0.5) is 0 Å². The topological polar surface area (TPSA) is 58.2 Å². The summed E-state index contributed by atoms with van der Waals surface area (Å²) in [4.78, 5) is 0. The lowest BCUT2D eigenvalue weighted by atomic mass is 10.2. The molecule has 0 fully saturated rings. The zero-order chi connectivity index (χ0) is 14.8. The van der Waals surface area contributed by atoms with Gasteiger partial charge in [0.25, 0.3) is 0 Å². The van der Waals surface area contributed by atoms with Crippen molar-refractivity contribution in [2.24, 2.45) is 0 Å². The highest BCUT2D eigenvalue weighted by Gasteiger charge is 2.14.